The monoisotopic (exact) mass is 545 g/mol. The van der Waals surface area contributed by atoms with Crippen molar-refractivity contribution in [2.75, 3.05) is 18.4 Å². The molecule has 2 N–H and O–H groups in total. The number of benzene rings is 2. The lowest BCUT2D eigenvalue weighted by molar-refractivity contribution is -0.122. The van der Waals surface area contributed by atoms with E-state index in [9.17, 15) is 22.4 Å². The quantitative estimate of drug-likeness (QED) is 0.404. The van der Waals surface area contributed by atoms with Crippen molar-refractivity contribution in [2.45, 2.75) is 43.3 Å². The van der Waals surface area contributed by atoms with Crippen molar-refractivity contribution in [1.82, 2.24) is 19.4 Å². The minimum absolute atomic E-state index is 0.102. The third kappa shape index (κ3) is 6.03. The molecule has 3 aromatic rings. The zero-order chi connectivity index (χ0) is 26.6. The number of carbonyl (C=O) groups is 2. The summed E-state index contributed by atoms with van der Waals surface area (Å²) in [6.07, 6.45) is 0. The highest BCUT2D eigenvalue weighted by molar-refractivity contribution is 7.98. The van der Waals surface area contributed by atoms with Crippen molar-refractivity contribution in [3.05, 3.63) is 76.7 Å². The van der Waals surface area contributed by atoms with E-state index in [1.807, 2.05) is 0 Å². The molecule has 9 nitrogen and oxygen atoms in total. The molecule has 1 aromatic heterocycles. The van der Waals surface area contributed by atoms with Gasteiger partial charge in [-0.05, 0) is 42.0 Å². The summed E-state index contributed by atoms with van der Waals surface area (Å²) < 4.78 is 41.4. The molecule has 0 unspecified atom stereocenters. The largest absolute Gasteiger partial charge is 0.350 e. The summed E-state index contributed by atoms with van der Waals surface area (Å²) in [4.78, 5) is 25.8. The van der Waals surface area contributed by atoms with E-state index in [-0.39, 0.29) is 35.3 Å². The van der Waals surface area contributed by atoms with Crippen LogP contribution in [-0.4, -0.2) is 47.4 Å². The van der Waals surface area contributed by atoms with Gasteiger partial charge < -0.3 is 10.6 Å². The van der Waals surface area contributed by atoms with Gasteiger partial charge in [0.1, 0.15) is 18.2 Å². The van der Waals surface area contributed by atoms with Gasteiger partial charge in [-0.1, -0.05) is 26.0 Å². The van der Waals surface area contributed by atoms with Crippen LogP contribution in [0.4, 0.5) is 10.2 Å². The maximum absolute atomic E-state index is 13.1. The van der Waals surface area contributed by atoms with Gasteiger partial charge in [0, 0.05) is 42.3 Å². The van der Waals surface area contributed by atoms with Crippen molar-refractivity contribution >= 4 is 39.4 Å². The third-order valence-electron chi connectivity index (χ3n) is 6.01. The van der Waals surface area contributed by atoms with Crippen LogP contribution in [0.3, 0.4) is 0 Å². The van der Waals surface area contributed by atoms with Gasteiger partial charge in [-0.2, -0.15) is 21.2 Å². The van der Waals surface area contributed by atoms with Crippen LogP contribution in [0.2, 0.25) is 0 Å². The molecule has 0 saturated carbocycles. The minimum atomic E-state index is -3.63. The van der Waals surface area contributed by atoms with E-state index >= 15 is 0 Å². The van der Waals surface area contributed by atoms with Crippen LogP contribution in [0.25, 0.3) is 0 Å². The molecule has 0 radical (unpaired) electrons. The van der Waals surface area contributed by atoms with Crippen molar-refractivity contribution < 1.29 is 22.4 Å². The van der Waals surface area contributed by atoms with E-state index in [1.165, 1.54) is 45.4 Å². The van der Waals surface area contributed by atoms with E-state index in [2.05, 4.69) is 15.7 Å². The summed E-state index contributed by atoms with van der Waals surface area (Å²) in [6, 6.07) is 11.6. The number of hydrogen-bond acceptors (Lipinski definition) is 6. The van der Waals surface area contributed by atoms with Gasteiger partial charge in [-0.3, -0.25) is 9.59 Å². The Hall–Kier alpha value is -3.22. The highest BCUT2D eigenvalue weighted by Gasteiger charge is 2.26. The number of sulfonamides is 1. The molecule has 0 aliphatic carbocycles. The third-order valence-corrected chi connectivity index (χ3v) is 9.04. The topological polar surface area (TPSA) is 113 Å². The Kier molecular flexibility index (Phi) is 8.30. The summed E-state index contributed by atoms with van der Waals surface area (Å²) in [5.41, 5.74) is 2.72. The van der Waals surface area contributed by atoms with E-state index in [0.717, 1.165) is 16.8 Å². The van der Waals surface area contributed by atoms with E-state index in [4.69, 9.17) is 0 Å². The summed E-state index contributed by atoms with van der Waals surface area (Å²) in [5, 5.41) is 10.2. The lowest BCUT2D eigenvalue weighted by Gasteiger charge is -2.18. The molecular formula is C25H28FN5O4S2. The standard InChI is InChI=1S/C25H28FN5O4S2/c1-3-30(4-2)37(34,35)20-11-7-18(8-12-20)25(33)28-24-21-15-36-16-22(21)29-31(24)14-23(32)27-13-17-5-9-19(26)10-6-17/h5-12H,3-4,13-16H2,1-2H3,(H,27,32)(H,28,33). The first-order chi connectivity index (χ1) is 17.7. The molecule has 0 saturated heterocycles. The normalized spacial score (nSPS) is 13.0. The van der Waals surface area contributed by atoms with Gasteiger partial charge in [-0.25, -0.2) is 17.5 Å². The van der Waals surface area contributed by atoms with E-state index in [0.29, 0.717) is 30.4 Å². The number of amides is 2. The predicted octanol–water partition coefficient (Wildman–Crippen LogP) is 3.37. The summed E-state index contributed by atoms with van der Waals surface area (Å²) in [7, 11) is -3.63. The number of anilines is 1. The molecule has 0 spiro atoms. The van der Waals surface area contributed by atoms with Crippen molar-refractivity contribution in [2.24, 2.45) is 0 Å². The molecule has 0 bridgehead atoms. The molecule has 1 aliphatic rings. The van der Waals surface area contributed by atoms with E-state index in [1.54, 1.807) is 37.7 Å². The first kappa shape index (κ1) is 26.8. The summed E-state index contributed by atoms with van der Waals surface area (Å²) in [5.74, 6) is 0.698. The Morgan fingerprint density at radius 3 is 2.38 bits per heavy atom. The van der Waals surface area contributed by atoms with Gasteiger partial charge >= 0.3 is 0 Å². The molecule has 4 rings (SSSR count). The minimum Gasteiger partial charge on any atom is -0.350 e. The molecule has 0 atom stereocenters. The molecule has 1 aliphatic heterocycles. The number of rotatable bonds is 10. The molecule has 2 heterocycles. The number of nitrogens with one attached hydrogen (secondary N) is 2. The van der Waals surface area contributed by atoms with Gasteiger partial charge in [0.25, 0.3) is 5.91 Å². The Morgan fingerprint density at radius 2 is 1.73 bits per heavy atom. The van der Waals surface area contributed by atoms with Gasteiger partial charge in [0.2, 0.25) is 15.9 Å². The number of fused-ring (bicyclic) bond motifs is 1. The van der Waals surface area contributed by atoms with Crippen LogP contribution in [0.5, 0.6) is 0 Å². The fourth-order valence-electron chi connectivity index (χ4n) is 3.99. The molecule has 2 aromatic carbocycles. The summed E-state index contributed by atoms with van der Waals surface area (Å²) in [6.45, 7) is 4.38. The van der Waals surface area contributed by atoms with Gasteiger partial charge in [-0.15, -0.1) is 0 Å². The Bertz CT molecular complexity index is 1390. The Balaban J connectivity index is 1.47. The lowest BCUT2D eigenvalue weighted by Crippen LogP contribution is -2.30. The second kappa shape index (κ2) is 11.4. The first-order valence-corrected chi connectivity index (χ1v) is 14.4. The van der Waals surface area contributed by atoms with Crippen LogP contribution in [0, 0.1) is 5.82 Å². The highest BCUT2D eigenvalue weighted by Crippen LogP contribution is 2.35. The molecule has 37 heavy (non-hydrogen) atoms. The first-order valence-electron chi connectivity index (χ1n) is 11.8. The number of carbonyl (C=O) groups excluding carboxylic acids is 2. The number of aromatic nitrogens is 2. The Morgan fingerprint density at radius 1 is 1.05 bits per heavy atom. The smallest absolute Gasteiger partial charge is 0.256 e. The lowest BCUT2D eigenvalue weighted by atomic mass is 10.2. The maximum atomic E-state index is 13.1. The van der Waals surface area contributed by atoms with Crippen LogP contribution in [0.15, 0.2) is 53.4 Å². The van der Waals surface area contributed by atoms with E-state index < -0.39 is 15.9 Å². The second-order valence-electron chi connectivity index (χ2n) is 8.40. The molecule has 196 valence electrons. The molecular weight excluding hydrogens is 517 g/mol. The molecule has 12 heteroatoms. The summed E-state index contributed by atoms with van der Waals surface area (Å²) >= 11 is 1.66. The van der Waals surface area contributed by atoms with Gasteiger partial charge in [0.15, 0.2) is 0 Å². The number of thioether (sulfide) groups is 1. The van der Waals surface area contributed by atoms with Gasteiger partial charge in [0.05, 0.1) is 10.6 Å². The fourth-order valence-corrected chi connectivity index (χ4v) is 6.48. The Labute approximate surface area is 219 Å². The fraction of sp³-hybridized carbons (Fsp3) is 0.320. The zero-order valence-corrected chi connectivity index (χ0v) is 22.2. The van der Waals surface area contributed by atoms with Crippen LogP contribution in [-0.2, 0) is 39.4 Å². The molecule has 2 amide bonds. The average molecular weight is 546 g/mol. The predicted molar refractivity (Wildman–Crippen MR) is 140 cm³/mol. The van der Waals surface area contributed by atoms with Crippen molar-refractivity contribution in [3.8, 4) is 0 Å². The number of halogens is 1. The number of nitrogens with zero attached hydrogens (tertiary/aromatic N) is 3. The SMILES string of the molecule is CCN(CC)S(=O)(=O)c1ccc(C(=O)Nc2c3c(nn2CC(=O)NCc2ccc(F)cc2)CSC3)cc1. The number of hydrogen-bond donors (Lipinski definition) is 2. The second-order valence-corrected chi connectivity index (χ2v) is 11.3. The molecule has 0 fully saturated rings. The van der Waals surface area contributed by atoms with Crippen LogP contribution < -0.4 is 10.6 Å². The van der Waals surface area contributed by atoms with Crippen LogP contribution >= 0.6 is 11.8 Å². The highest BCUT2D eigenvalue weighted by atomic mass is 32.2. The average Bonchev–Trinajstić information content (AvgIpc) is 3.46. The van der Waals surface area contributed by atoms with Crippen molar-refractivity contribution in [3.63, 3.8) is 0 Å². The zero-order valence-electron chi connectivity index (χ0n) is 20.5. The van der Waals surface area contributed by atoms with Crippen molar-refractivity contribution in [1.29, 1.82) is 0 Å². The van der Waals surface area contributed by atoms with Crippen LogP contribution in [0.1, 0.15) is 41.0 Å². The maximum Gasteiger partial charge on any atom is 0.256 e.